The molecule has 0 N–H and O–H groups in total. The summed E-state index contributed by atoms with van der Waals surface area (Å²) in [5.74, 6) is -0.0618. The minimum absolute atomic E-state index is 0.188. The molecule has 0 radical (unpaired) electrons. The van der Waals surface area contributed by atoms with Gasteiger partial charge >= 0.3 is 0 Å². The molecule has 10 heteroatoms. The number of amides is 2. The molecule has 0 unspecified atom stereocenters. The lowest BCUT2D eigenvalue weighted by atomic mass is 9.81. The van der Waals surface area contributed by atoms with Crippen LogP contribution in [0.4, 0.5) is 11.4 Å². The number of hydrogen-bond donors (Lipinski definition) is 0. The van der Waals surface area contributed by atoms with Crippen LogP contribution in [0, 0.1) is 0 Å². The lowest BCUT2D eigenvalue weighted by molar-refractivity contribution is -0.169. The molecule has 10 nitrogen and oxygen atoms in total. The van der Waals surface area contributed by atoms with Crippen molar-refractivity contribution in [2.24, 2.45) is 0 Å². The van der Waals surface area contributed by atoms with Crippen molar-refractivity contribution in [2.75, 3.05) is 24.0 Å². The van der Waals surface area contributed by atoms with Crippen molar-refractivity contribution in [3.63, 3.8) is 0 Å². The SMILES string of the molecule is COc1ccc(N2C(=O)[C@@H](OCc3ccccc3)[C@@H]2[C@@H]2OC(C)(C)O[C@H]2[C@H]2[C@@H](OCc3ccccc3)C(=O)N2c2ccc(OC)cc2)cc1. The molecule has 0 bridgehead atoms. The van der Waals surface area contributed by atoms with Gasteiger partial charge in [0.25, 0.3) is 11.8 Å². The maximum absolute atomic E-state index is 13.9. The Hall–Kier alpha value is -4.74. The van der Waals surface area contributed by atoms with Gasteiger partial charge in [-0.2, -0.15) is 0 Å². The van der Waals surface area contributed by atoms with E-state index in [1.807, 2.05) is 123 Å². The van der Waals surface area contributed by atoms with Crippen molar-refractivity contribution in [1.29, 1.82) is 0 Å². The number of β-lactam (4-membered cyclic amide) rings is 2. The second-order valence-electron chi connectivity index (χ2n) is 12.8. The molecule has 3 saturated heterocycles. The van der Waals surface area contributed by atoms with E-state index >= 15 is 0 Å². The van der Waals surface area contributed by atoms with Crippen LogP contribution in [0.25, 0.3) is 0 Å². The maximum Gasteiger partial charge on any atom is 0.258 e. The summed E-state index contributed by atoms with van der Waals surface area (Å²) >= 11 is 0. The van der Waals surface area contributed by atoms with E-state index in [1.165, 1.54) is 0 Å². The quantitative estimate of drug-likeness (QED) is 0.183. The van der Waals surface area contributed by atoms with Crippen LogP contribution in [0.1, 0.15) is 25.0 Å². The van der Waals surface area contributed by atoms with Crippen LogP contribution in [-0.2, 0) is 41.8 Å². The fourth-order valence-electron chi connectivity index (χ4n) is 6.90. The zero-order valence-electron chi connectivity index (χ0n) is 27.9. The van der Waals surface area contributed by atoms with Gasteiger partial charge < -0.3 is 38.2 Å². The molecular weight excluding hydrogens is 624 g/mol. The zero-order chi connectivity index (χ0) is 34.1. The van der Waals surface area contributed by atoms with Crippen LogP contribution in [0.15, 0.2) is 109 Å². The maximum atomic E-state index is 13.9. The summed E-state index contributed by atoms with van der Waals surface area (Å²) < 4.78 is 36.8. The molecule has 0 spiro atoms. The third-order valence-corrected chi connectivity index (χ3v) is 9.26. The molecule has 0 aliphatic carbocycles. The van der Waals surface area contributed by atoms with Crippen LogP contribution in [0.3, 0.4) is 0 Å². The van der Waals surface area contributed by atoms with Crippen LogP contribution in [0.5, 0.6) is 11.5 Å². The second kappa shape index (κ2) is 13.6. The first-order valence-electron chi connectivity index (χ1n) is 16.4. The van der Waals surface area contributed by atoms with E-state index in [2.05, 4.69) is 0 Å². The highest BCUT2D eigenvalue weighted by Gasteiger charge is 2.65. The third kappa shape index (κ3) is 6.40. The Morgan fingerprint density at radius 1 is 0.571 bits per heavy atom. The normalized spacial score (nSPS) is 25.9. The van der Waals surface area contributed by atoms with Crippen LogP contribution in [-0.4, -0.2) is 68.3 Å². The summed E-state index contributed by atoms with van der Waals surface area (Å²) in [5.41, 5.74) is 3.25. The molecule has 49 heavy (non-hydrogen) atoms. The Morgan fingerprint density at radius 2 is 0.939 bits per heavy atom. The summed E-state index contributed by atoms with van der Waals surface area (Å²) in [6.45, 7) is 4.18. The highest BCUT2D eigenvalue weighted by atomic mass is 16.8. The Kier molecular flexibility index (Phi) is 9.13. The van der Waals surface area contributed by atoms with Crippen molar-refractivity contribution >= 4 is 23.2 Å². The predicted octanol–water partition coefficient (Wildman–Crippen LogP) is 5.53. The fraction of sp³-hybridized carbons (Fsp3) is 0.333. The van der Waals surface area contributed by atoms with Gasteiger partial charge in [-0.1, -0.05) is 60.7 Å². The number of hydrogen-bond acceptors (Lipinski definition) is 8. The van der Waals surface area contributed by atoms with Crippen molar-refractivity contribution in [3.8, 4) is 11.5 Å². The Labute approximate surface area is 286 Å². The van der Waals surface area contributed by atoms with Gasteiger partial charge in [0.1, 0.15) is 35.8 Å². The average Bonchev–Trinajstić information content (AvgIpc) is 3.44. The highest BCUT2D eigenvalue weighted by molar-refractivity contribution is 6.06. The second-order valence-corrected chi connectivity index (χ2v) is 12.8. The number of rotatable bonds is 12. The van der Waals surface area contributed by atoms with Gasteiger partial charge in [0, 0.05) is 11.4 Å². The Balaban J connectivity index is 1.24. The van der Waals surface area contributed by atoms with E-state index in [9.17, 15) is 9.59 Å². The molecule has 3 aliphatic heterocycles. The molecule has 3 aliphatic rings. The van der Waals surface area contributed by atoms with Crippen molar-refractivity contribution < 1.29 is 38.0 Å². The van der Waals surface area contributed by atoms with Gasteiger partial charge in [-0.05, 0) is 73.5 Å². The standard InChI is InChI=1S/C39H40N2O8/c1-39(2)48-33(31-35(46-23-25-11-7-5-8-12-25)37(42)40(31)27-15-19-29(44-3)20-16-27)34(49-39)32-36(47-24-26-13-9-6-10-14-26)38(43)41(32)28-17-21-30(45-4)22-18-28/h5-22,31-36H,23-24H2,1-4H3/t31-,32-,33-,34-,35-,36+/m0/s1. The smallest absolute Gasteiger partial charge is 0.258 e. The molecule has 6 atom stereocenters. The topological polar surface area (TPSA) is 96.0 Å². The van der Waals surface area contributed by atoms with Gasteiger partial charge in [-0.3, -0.25) is 9.59 Å². The van der Waals surface area contributed by atoms with Gasteiger partial charge in [0.05, 0.1) is 27.4 Å². The summed E-state index contributed by atoms with van der Waals surface area (Å²) in [5, 5.41) is 0. The monoisotopic (exact) mass is 664 g/mol. The first-order valence-corrected chi connectivity index (χ1v) is 16.4. The number of ether oxygens (including phenoxy) is 6. The first-order chi connectivity index (χ1) is 23.8. The van der Waals surface area contributed by atoms with Crippen molar-refractivity contribution in [1.82, 2.24) is 0 Å². The minimum Gasteiger partial charge on any atom is -0.497 e. The predicted molar refractivity (Wildman–Crippen MR) is 182 cm³/mol. The molecule has 0 aromatic heterocycles. The molecule has 7 rings (SSSR count). The van der Waals surface area contributed by atoms with E-state index in [4.69, 9.17) is 28.4 Å². The van der Waals surface area contributed by atoms with E-state index in [-0.39, 0.29) is 25.0 Å². The molecule has 2 amide bonds. The summed E-state index contributed by atoms with van der Waals surface area (Å²) in [6, 6.07) is 32.9. The molecule has 3 heterocycles. The summed E-state index contributed by atoms with van der Waals surface area (Å²) in [4.78, 5) is 31.2. The van der Waals surface area contributed by atoms with E-state index in [0.29, 0.717) is 22.9 Å². The lowest BCUT2D eigenvalue weighted by Gasteiger charge is -2.53. The van der Waals surface area contributed by atoms with E-state index in [0.717, 1.165) is 11.1 Å². The average molecular weight is 665 g/mol. The Bertz CT molecular complexity index is 1620. The van der Waals surface area contributed by atoms with Crippen LogP contribution < -0.4 is 19.3 Å². The van der Waals surface area contributed by atoms with Crippen LogP contribution in [0.2, 0.25) is 0 Å². The van der Waals surface area contributed by atoms with Crippen molar-refractivity contribution in [2.45, 2.75) is 69.3 Å². The molecular formula is C39H40N2O8. The van der Waals surface area contributed by atoms with E-state index < -0.39 is 42.3 Å². The lowest BCUT2D eigenvalue weighted by Crippen LogP contribution is -2.76. The molecule has 0 saturated carbocycles. The van der Waals surface area contributed by atoms with Gasteiger partial charge in [0.2, 0.25) is 0 Å². The van der Waals surface area contributed by atoms with Crippen molar-refractivity contribution in [3.05, 3.63) is 120 Å². The number of benzene rings is 4. The van der Waals surface area contributed by atoms with Gasteiger partial charge in [-0.15, -0.1) is 0 Å². The molecule has 4 aromatic carbocycles. The van der Waals surface area contributed by atoms with Gasteiger partial charge in [0.15, 0.2) is 18.0 Å². The number of carbonyl (C=O) groups is 2. The highest BCUT2D eigenvalue weighted by Crippen LogP contribution is 2.46. The van der Waals surface area contributed by atoms with E-state index in [1.54, 1.807) is 24.0 Å². The largest absolute Gasteiger partial charge is 0.497 e. The minimum atomic E-state index is -1.03. The fourth-order valence-corrected chi connectivity index (χ4v) is 6.90. The number of methoxy groups -OCH3 is 2. The van der Waals surface area contributed by atoms with Crippen LogP contribution >= 0.6 is 0 Å². The number of nitrogens with zero attached hydrogens (tertiary/aromatic N) is 2. The first kappa shape index (κ1) is 32.8. The molecule has 3 fully saturated rings. The zero-order valence-corrected chi connectivity index (χ0v) is 27.9. The summed E-state index contributed by atoms with van der Waals surface area (Å²) in [6.07, 6.45) is -3.00. The molecule has 4 aromatic rings. The van der Waals surface area contributed by atoms with Gasteiger partial charge in [-0.25, -0.2) is 0 Å². The molecule has 254 valence electrons. The number of carbonyl (C=O) groups excluding carboxylic acids is 2. The summed E-state index contributed by atoms with van der Waals surface area (Å²) in [7, 11) is 3.20. The Morgan fingerprint density at radius 3 is 1.29 bits per heavy atom. The third-order valence-electron chi connectivity index (χ3n) is 9.26. The number of anilines is 2.